The van der Waals surface area contributed by atoms with E-state index in [9.17, 15) is 19.2 Å². The highest BCUT2D eigenvalue weighted by molar-refractivity contribution is 8.01. The van der Waals surface area contributed by atoms with Crippen molar-refractivity contribution in [1.29, 1.82) is 0 Å². The highest BCUT2D eigenvalue weighted by atomic mass is 32.2. The van der Waals surface area contributed by atoms with Gasteiger partial charge in [-0.05, 0) is 31.9 Å². The van der Waals surface area contributed by atoms with E-state index in [2.05, 4.69) is 5.32 Å². The average Bonchev–Trinajstić information content (AvgIpc) is 2.74. The van der Waals surface area contributed by atoms with Crippen LogP contribution in [-0.2, 0) is 23.9 Å². The normalized spacial score (nSPS) is 20.7. The Hall–Kier alpha value is -2.55. The molecule has 162 valence electrons. The fraction of sp³-hybridized carbons (Fsp3) is 0.524. The Balaban J connectivity index is 1.52. The van der Waals surface area contributed by atoms with Crippen LogP contribution in [-0.4, -0.2) is 72.0 Å². The van der Waals surface area contributed by atoms with Gasteiger partial charge in [-0.2, -0.15) is 0 Å². The Labute approximate surface area is 180 Å². The van der Waals surface area contributed by atoms with E-state index in [-0.39, 0.29) is 42.6 Å². The number of hydrogen-bond donors (Lipinski definition) is 1. The molecule has 0 bridgehead atoms. The second-order valence-corrected chi connectivity index (χ2v) is 8.72. The van der Waals surface area contributed by atoms with Crippen LogP contribution >= 0.6 is 11.8 Å². The third kappa shape index (κ3) is 5.33. The Kier molecular flexibility index (Phi) is 7.36. The number of carbonyl (C=O) groups is 4. The molecule has 30 heavy (non-hydrogen) atoms. The number of carbonyl (C=O) groups excluding carboxylic acids is 4. The SMILES string of the molecule is CCOC(=O)C1CCCN(C(=O)CN(C)C(=O)CC2Sc3ccccc3NC2=O)C1. The van der Waals surface area contributed by atoms with E-state index >= 15 is 0 Å². The summed E-state index contributed by atoms with van der Waals surface area (Å²) in [6, 6.07) is 7.46. The minimum absolute atomic E-state index is 0.0140. The number of esters is 1. The topological polar surface area (TPSA) is 96.0 Å². The molecule has 1 saturated heterocycles. The smallest absolute Gasteiger partial charge is 0.310 e. The summed E-state index contributed by atoms with van der Waals surface area (Å²) in [4.78, 5) is 53.5. The molecular formula is C21H27N3O5S. The lowest BCUT2D eigenvalue weighted by Gasteiger charge is -2.33. The second kappa shape index (κ2) is 9.97. The van der Waals surface area contributed by atoms with Crippen molar-refractivity contribution >= 4 is 41.1 Å². The highest BCUT2D eigenvalue weighted by Crippen LogP contribution is 2.36. The van der Waals surface area contributed by atoms with Gasteiger partial charge in [0.25, 0.3) is 0 Å². The number of nitrogens with one attached hydrogen (secondary N) is 1. The van der Waals surface area contributed by atoms with Gasteiger partial charge in [0.05, 0.1) is 30.0 Å². The van der Waals surface area contributed by atoms with Crippen LogP contribution in [0.5, 0.6) is 0 Å². The number of piperidine rings is 1. The number of para-hydroxylation sites is 1. The van der Waals surface area contributed by atoms with Gasteiger partial charge in [0.1, 0.15) is 0 Å². The fourth-order valence-electron chi connectivity index (χ4n) is 3.59. The maximum atomic E-state index is 12.7. The summed E-state index contributed by atoms with van der Waals surface area (Å²) in [5, 5.41) is 2.29. The summed E-state index contributed by atoms with van der Waals surface area (Å²) in [5.41, 5.74) is 0.751. The number of anilines is 1. The molecule has 3 amide bonds. The first kappa shape index (κ1) is 22.1. The molecule has 3 rings (SSSR count). The van der Waals surface area contributed by atoms with Crippen molar-refractivity contribution in [2.75, 3.05) is 38.6 Å². The van der Waals surface area contributed by atoms with Crippen LogP contribution in [0.15, 0.2) is 29.2 Å². The van der Waals surface area contributed by atoms with Crippen molar-refractivity contribution in [1.82, 2.24) is 9.80 Å². The molecule has 9 heteroatoms. The van der Waals surface area contributed by atoms with Crippen molar-refractivity contribution in [3.05, 3.63) is 24.3 Å². The van der Waals surface area contributed by atoms with Crippen molar-refractivity contribution < 1.29 is 23.9 Å². The standard InChI is InChI=1S/C21H27N3O5S/c1-3-29-21(28)14-7-6-10-24(12-14)19(26)13-23(2)18(25)11-17-20(27)22-15-8-4-5-9-16(15)30-17/h4-5,8-9,14,17H,3,6-7,10-13H2,1-2H3,(H,22,27). The van der Waals surface area contributed by atoms with Gasteiger partial charge in [-0.3, -0.25) is 19.2 Å². The summed E-state index contributed by atoms with van der Waals surface area (Å²) >= 11 is 1.36. The predicted octanol–water partition coefficient (Wildman–Crippen LogP) is 1.75. The molecule has 0 saturated carbocycles. The Morgan fingerprint density at radius 1 is 1.30 bits per heavy atom. The highest BCUT2D eigenvalue weighted by Gasteiger charge is 2.32. The van der Waals surface area contributed by atoms with Crippen molar-refractivity contribution in [3.8, 4) is 0 Å². The number of likely N-dealkylation sites (N-methyl/N-ethyl adjacent to an activating group) is 1. The maximum absolute atomic E-state index is 12.7. The zero-order valence-electron chi connectivity index (χ0n) is 17.3. The van der Waals surface area contributed by atoms with E-state index in [0.717, 1.165) is 17.0 Å². The molecule has 0 spiro atoms. The number of likely N-dealkylation sites (tertiary alicyclic amines) is 1. The van der Waals surface area contributed by atoms with E-state index in [1.54, 1.807) is 18.9 Å². The number of hydrogen-bond acceptors (Lipinski definition) is 6. The van der Waals surface area contributed by atoms with Crippen LogP contribution in [0.25, 0.3) is 0 Å². The zero-order valence-corrected chi connectivity index (χ0v) is 18.1. The number of fused-ring (bicyclic) bond motifs is 1. The molecular weight excluding hydrogens is 406 g/mol. The molecule has 1 aromatic rings. The molecule has 2 unspecified atom stereocenters. The number of nitrogens with zero attached hydrogens (tertiary/aromatic N) is 2. The van der Waals surface area contributed by atoms with Gasteiger partial charge in [0, 0.05) is 31.5 Å². The lowest BCUT2D eigenvalue weighted by molar-refractivity contribution is -0.152. The summed E-state index contributed by atoms with van der Waals surface area (Å²) in [7, 11) is 1.56. The second-order valence-electron chi connectivity index (χ2n) is 7.48. The fourth-order valence-corrected chi connectivity index (χ4v) is 4.69. The summed E-state index contributed by atoms with van der Waals surface area (Å²) in [5.74, 6) is -1.27. The van der Waals surface area contributed by atoms with Crippen LogP contribution in [0.2, 0.25) is 0 Å². The number of thioether (sulfide) groups is 1. The third-order valence-electron chi connectivity index (χ3n) is 5.26. The lowest BCUT2D eigenvalue weighted by Crippen LogP contribution is -2.47. The first-order valence-electron chi connectivity index (χ1n) is 10.1. The Morgan fingerprint density at radius 2 is 2.07 bits per heavy atom. The minimum Gasteiger partial charge on any atom is -0.466 e. The molecule has 1 N–H and O–H groups in total. The molecule has 1 fully saturated rings. The molecule has 2 aliphatic heterocycles. The first-order valence-corrected chi connectivity index (χ1v) is 11.0. The number of ether oxygens (including phenoxy) is 1. The summed E-state index contributed by atoms with van der Waals surface area (Å²) < 4.78 is 5.07. The van der Waals surface area contributed by atoms with E-state index < -0.39 is 5.25 Å². The van der Waals surface area contributed by atoms with Gasteiger partial charge >= 0.3 is 5.97 Å². The van der Waals surface area contributed by atoms with E-state index in [1.165, 1.54) is 16.7 Å². The van der Waals surface area contributed by atoms with Crippen LogP contribution in [0.3, 0.4) is 0 Å². The molecule has 1 aromatic carbocycles. The number of benzene rings is 1. The van der Waals surface area contributed by atoms with Crippen LogP contribution in [0.4, 0.5) is 5.69 Å². The Morgan fingerprint density at radius 3 is 2.83 bits per heavy atom. The number of amides is 3. The largest absolute Gasteiger partial charge is 0.466 e. The minimum atomic E-state index is -0.534. The van der Waals surface area contributed by atoms with E-state index in [4.69, 9.17) is 4.74 Å². The van der Waals surface area contributed by atoms with Crippen molar-refractivity contribution in [2.24, 2.45) is 5.92 Å². The van der Waals surface area contributed by atoms with E-state index in [1.807, 2.05) is 24.3 Å². The monoisotopic (exact) mass is 433 g/mol. The molecule has 2 heterocycles. The van der Waals surface area contributed by atoms with Gasteiger partial charge in [-0.15, -0.1) is 11.8 Å². The first-order chi connectivity index (χ1) is 14.4. The summed E-state index contributed by atoms with van der Waals surface area (Å²) in [6.45, 7) is 2.88. The van der Waals surface area contributed by atoms with Crippen LogP contribution in [0.1, 0.15) is 26.2 Å². The zero-order chi connectivity index (χ0) is 21.7. The van der Waals surface area contributed by atoms with Gasteiger partial charge in [0.2, 0.25) is 17.7 Å². The Bertz CT molecular complexity index is 831. The van der Waals surface area contributed by atoms with Crippen molar-refractivity contribution in [2.45, 2.75) is 36.3 Å². The van der Waals surface area contributed by atoms with Crippen LogP contribution in [0, 0.1) is 5.92 Å². The van der Waals surface area contributed by atoms with Gasteiger partial charge in [-0.1, -0.05) is 12.1 Å². The number of rotatable bonds is 6. The van der Waals surface area contributed by atoms with Gasteiger partial charge in [-0.25, -0.2) is 0 Å². The van der Waals surface area contributed by atoms with Gasteiger partial charge in [0.15, 0.2) is 0 Å². The quantitative estimate of drug-likeness (QED) is 0.687. The lowest BCUT2D eigenvalue weighted by atomic mass is 9.98. The molecule has 2 atom stereocenters. The molecule has 8 nitrogen and oxygen atoms in total. The maximum Gasteiger partial charge on any atom is 0.310 e. The van der Waals surface area contributed by atoms with Gasteiger partial charge < -0.3 is 19.9 Å². The van der Waals surface area contributed by atoms with Crippen LogP contribution < -0.4 is 5.32 Å². The third-order valence-corrected chi connectivity index (χ3v) is 6.53. The molecule has 2 aliphatic rings. The average molecular weight is 434 g/mol. The molecule has 0 aliphatic carbocycles. The predicted molar refractivity (Wildman–Crippen MR) is 113 cm³/mol. The summed E-state index contributed by atoms with van der Waals surface area (Å²) in [6.07, 6.45) is 1.44. The molecule has 0 radical (unpaired) electrons. The van der Waals surface area contributed by atoms with Crippen molar-refractivity contribution in [3.63, 3.8) is 0 Å². The molecule has 0 aromatic heterocycles. The van der Waals surface area contributed by atoms with E-state index in [0.29, 0.717) is 26.1 Å².